The quantitative estimate of drug-likeness (QED) is 0.866. The summed E-state index contributed by atoms with van der Waals surface area (Å²) in [5.41, 5.74) is 0.885. The second kappa shape index (κ2) is 6.37. The zero-order chi connectivity index (χ0) is 15.4. The van der Waals surface area contributed by atoms with Gasteiger partial charge in [-0.15, -0.1) is 0 Å². The van der Waals surface area contributed by atoms with Gasteiger partial charge in [0.1, 0.15) is 6.07 Å². The van der Waals surface area contributed by atoms with Crippen molar-refractivity contribution in [3.05, 3.63) is 29.8 Å². The van der Waals surface area contributed by atoms with E-state index in [2.05, 4.69) is 5.32 Å². The van der Waals surface area contributed by atoms with Crippen LogP contribution in [0.3, 0.4) is 0 Å². The first-order chi connectivity index (χ1) is 10.0. The van der Waals surface area contributed by atoms with Gasteiger partial charge in [0, 0.05) is 13.1 Å². The van der Waals surface area contributed by atoms with E-state index in [4.69, 9.17) is 10.4 Å². The highest BCUT2D eigenvalue weighted by Gasteiger charge is 2.35. The van der Waals surface area contributed by atoms with E-state index >= 15 is 0 Å². The van der Waals surface area contributed by atoms with Crippen molar-refractivity contribution >= 4 is 17.6 Å². The van der Waals surface area contributed by atoms with Crippen LogP contribution in [0, 0.1) is 23.2 Å². The number of para-hydroxylation sites is 1. The smallest absolute Gasteiger partial charge is 0.308 e. The van der Waals surface area contributed by atoms with Crippen LogP contribution in [0.4, 0.5) is 5.69 Å². The van der Waals surface area contributed by atoms with Crippen LogP contribution in [0.2, 0.25) is 0 Å². The normalized spacial score (nSPS) is 21.7. The number of benzene rings is 1. The summed E-state index contributed by atoms with van der Waals surface area (Å²) in [6.07, 6.45) is 0. The molecule has 0 aromatic heterocycles. The maximum atomic E-state index is 12.0. The number of rotatable bonds is 4. The molecule has 1 fully saturated rings. The molecule has 1 aliphatic heterocycles. The fourth-order valence-electron chi connectivity index (χ4n) is 2.60. The van der Waals surface area contributed by atoms with Crippen molar-refractivity contribution in [2.75, 3.05) is 25.0 Å². The van der Waals surface area contributed by atoms with Crippen LogP contribution in [0.5, 0.6) is 0 Å². The Labute approximate surface area is 123 Å². The van der Waals surface area contributed by atoms with Crippen LogP contribution in [0.25, 0.3) is 0 Å². The van der Waals surface area contributed by atoms with Crippen LogP contribution >= 0.6 is 0 Å². The molecule has 21 heavy (non-hydrogen) atoms. The minimum absolute atomic E-state index is 0.0293. The molecule has 1 saturated heterocycles. The molecule has 1 aromatic carbocycles. The highest BCUT2D eigenvalue weighted by molar-refractivity contribution is 5.93. The van der Waals surface area contributed by atoms with Crippen molar-refractivity contribution in [1.29, 1.82) is 5.26 Å². The molecule has 1 aliphatic rings. The largest absolute Gasteiger partial charge is 0.481 e. The van der Waals surface area contributed by atoms with Gasteiger partial charge in [-0.2, -0.15) is 5.26 Å². The summed E-state index contributed by atoms with van der Waals surface area (Å²) in [7, 11) is 0. The van der Waals surface area contributed by atoms with Crippen LogP contribution in [0.1, 0.15) is 12.5 Å². The number of nitriles is 1. The van der Waals surface area contributed by atoms with E-state index in [-0.39, 0.29) is 18.4 Å². The van der Waals surface area contributed by atoms with E-state index in [1.54, 1.807) is 24.3 Å². The Morgan fingerprint density at radius 2 is 2.14 bits per heavy atom. The van der Waals surface area contributed by atoms with E-state index in [9.17, 15) is 9.59 Å². The van der Waals surface area contributed by atoms with Gasteiger partial charge < -0.3 is 10.4 Å². The minimum Gasteiger partial charge on any atom is -0.481 e. The van der Waals surface area contributed by atoms with Gasteiger partial charge in [-0.3, -0.25) is 14.5 Å². The molecule has 1 amide bonds. The monoisotopic (exact) mass is 287 g/mol. The molecular weight excluding hydrogens is 270 g/mol. The molecule has 2 N–H and O–H groups in total. The third kappa shape index (κ3) is 3.58. The topological polar surface area (TPSA) is 93.4 Å². The first-order valence-corrected chi connectivity index (χ1v) is 6.75. The number of aliphatic carboxylic acids is 1. The second-order valence-corrected chi connectivity index (χ2v) is 5.32. The van der Waals surface area contributed by atoms with E-state index in [0.717, 1.165) is 0 Å². The van der Waals surface area contributed by atoms with E-state index < -0.39 is 11.9 Å². The van der Waals surface area contributed by atoms with Gasteiger partial charge in [0.2, 0.25) is 5.91 Å². The number of amides is 1. The Morgan fingerprint density at radius 3 is 2.76 bits per heavy atom. The molecule has 0 aliphatic carbocycles. The molecule has 6 nitrogen and oxygen atoms in total. The third-order valence-corrected chi connectivity index (χ3v) is 3.69. The number of carbonyl (C=O) groups excluding carboxylic acids is 1. The lowest BCUT2D eigenvalue weighted by Crippen LogP contribution is -2.32. The Kier molecular flexibility index (Phi) is 4.55. The van der Waals surface area contributed by atoms with E-state index in [1.165, 1.54) is 0 Å². The van der Waals surface area contributed by atoms with Gasteiger partial charge in [0.15, 0.2) is 0 Å². The number of nitrogens with zero attached hydrogens (tertiary/aromatic N) is 2. The molecule has 110 valence electrons. The SMILES string of the molecule is CC1CN(CC(=O)Nc2ccccc2C#N)CC1C(=O)O. The lowest BCUT2D eigenvalue weighted by atomic mass is 9.99. The zero-order valence-electron chi connectivity index (χ0n) is 11.7. The predicted octanol–water partition coefficient (Wildman–Crippen LogP) is 1.15. The third-order valence-electron chi connectivity index (χ3n) is 3.69. The lowest BCUT2D eigenvalue weighted by molar-refractivity contribution is -0.142. The highest BCUT2D eigenvalue weighted by atomic mass is 16.4. The molecule has 1 heterocycles. The van der Waals surface area contributed by atoms with Gasteiger partial charge in [-0.05, 0) is 18.1 Å². The fourth-order valence-corrected chi connectivity index (χ4v) is 2.60. The number of hydrogen-bond acceptors (Lipinski definition) is 4. The van der Waals surface area contributed by atoms with Gasteiger partial charge in [-0.25, -0.2) is 0 Å². The predicted molar refractivity (Wildman–Crippen MR) is 76.5 cm³/mol. The van der Waals surface area contributed by atoms with Gasteiger partial charge in [0.25, 0.3) is 0 Å². The van der Waals surface area contributed by atoms with E-state index in [0.29, 0.717) is 24.3 Å². The first kappa shape index (κ1) is 15.0. The fraction of sp³-hybridized carbons (Fsp3) is 0.400. The van der Waals surface area contributed by atoms with Crippen molar-refractivity contribution in [3.63, 3.8) is 0 Å². The summed E-state index contributed by atoms with van der Waals surface area (Å²) in [5, 5.41) is 20.7. The molecule has 0 spiro atoms. The summed E-state index contributed by atoms with van der Waals surface area (Å²) >= 11 is 0. The number of carboxylic acid groups (broad SMARTS) is 1. The van der Waals surface area contributed by atoms with Crippen molar-refractivity contribution < 1.29 is 14.7 Å². The first-order valence-electron chi connectivity index (χ1n) is 6.75. The zero-order valence-corrected chi connectivity index (χ0v) is 11.7. The summed E-state index contributed by atoms with van der Waals surface area (Å²) in [6, 6.07) is 8.80. The number of likely N-dealkylation sites (tertiary alicyclic amines) is 1. The molecular formula is C15H17N3O3. The summed E-state index contributed by atoms with van der Waals surface area (Å²) in [5.74, 6) is -1.46. The number of nitrogens with one attached hydrogen (secondary N) is 1. The maximum Gasteiger partial charge on any atom is 0.308 e. The number of anilines is 1. The Hall–Kier alpha value is -2.39. The number of carbonyl (C=O) groups is 2. The minimum atomic E-state index is -0.819. The molecule has 0 saturated carbocycles. The molecule has 2 rings (SSSR count). The van der Waals surface area contributed by atoms with Crippen molar-refractivity contribution in [2.45, 2.75) is 6.92 Å². The number of hydrogen-bond donors (Lipinski definition) is 2. The van der Waals surface area contributed by atoms with Crippen LogP contribution in [-0.4, -0.2) is 41.5 Å². The van der Waals surface area contributed by atoms with Gasteiger partial charge >= 0.3 is 5.97 Å². The van der Waals surface area contributed by atoms with Gasteiger partial charge in [-0.1, -0.05) is 19.1 Å². The molecule has 0 radical (unpaired) electrons. The van der Waals surface area contributed by atoms with Crippen LogP contribution in [-0.2, 0) is 9.59 Å². The number of carboxylic acids is 1. The standard InChI is InChI=1S/C15H17N3O3/c1-10-7-18(8-12(10)15(20)21)9-14(19)17-13-5-3-2-4-11(13)6-16/h2-5,10,12H,7-9H2,1H3,(H,17,19)(H,20,21). The second-order valence-electron chi connectivity index (χ2n) is 5.32. The van der Waals surface area contributed by atoms with E-state index in [1.807, 2.05) is 17.9 Å². The van der Waals surface area contributed by atoms with Crippen LogP contribution < -0.4 is 5.32 Å². The Bertz CT molecular complexity index is 594. The molecule has 2 atom stereocenters. The molecule has 6 heteroatoms. The van der Waals surface area contributed by atoms with Crippen molar-refractivity contribution in [2.24, 2.45) is 11.8 Å². The van der Waals surface area contributed by atoms with Gasteiger partial charge in [0.05, 0.1) is 23.7 Å². The summed E-state index contributed by atoms with van der Waals surface area (Å²) < 4.78 is 0. The Balaban J connectivity index is 1.94. The van der Waals surface area contributed by atoms with Crippen LogP contribution in [0.15, 0.2) is 24.3 Å². The lowest BCUT2D eigenvalue weighted by Gasteiger charge is -2.15. The molecule has 1 aromatic rings. The maximum absolute atomic E-state index is 12.0. The summed E-state index contributed by atoms with van der Waals surface area (Å²) in [6.45, 7) is 2.98. The van der Waals surface area contributed by atoms with Crippen molar-refractivity contribution in [1.82, 2.24) is 4.90 Å². The molecule has 2 unspecified atom stereocenters. The summed E-state index contributed by atoms with van der Waals surface area (Å²) in [4.78, 5) is 24.9. The van der Waals surface area contributed by atoms with Crippen molar-refractivity contribution in [3.8, 4) is 6.07 Å². The Morgan fingerprint density at radius 1 is 1.43 bits per heavy atom. The average Bonchev–Trinajstić information content (AvgIpc) is 2.80. The highest BCUT2D eigenvalue weighted by Crippen LogP contribution is 2.23. The molecule has 0 bridgehead atoms. The average molecular weight is 287 g/mol.